The van der Waals surface area contributed by atoms with E-state index < -0.39 is 5.63 Å². The number of hydrogen-bond acceptors (Lipinski definition) is 4. The zero-order chi connectivity index (χ0) is 15.7. The number of rotatable bonds is 2. The minimum absolute atomic E-state index is 0.0468. The highest BCUT2D eigenvalue weighted by atomic mass is 35.5. The summed E-state index contributed by atoms with van der Waals surface area (Å²) in [6.07, 6.45) is 1.29. The van der Waals surface area contributed by atoms with E-state index in [4.69, 9.17) is 16.0 Å². The second-order valence-corrected chi connectivity index (χ2v) is 5.33. The zero-order valence-electron chi connectivity index (χ0n) is 11.7. The molecule has 0 saturated carbocycles. The van der Waals surface area contributed by atoms with Crippen molar-refractivity contribution >= 4 is 34.5 Å². The molecule has 0 aliphatic rings. The fraction of sp³-hybridized carbons (Fsp3) is 0.0588. The number of fused-ring (bicyclic) bond motifs is 1. The summed E-state index contributed by atoms with van der Waals surface area (Å²) in [6, 6.07) is 12.0. The third kappa shape index (κ3) is 2.87. The minimum Gasteiger partial charge on any atom is -0.507 e. The van der Waals surface area contributed by atoms with Crippen LogP contribution in [-0.4, -0.2) is 10.1 Å². The molecule has 0 bridgehead atoms. The topological polar surface area (TPSA) is 63.3 Å². The van der Waals surface area contributed by atoms with Gasteiger partial charge in [0.1, 0.15) is 11.3 Å². The van der Waals surface area contributed by atoms with Gasteiger partial charge < -0.3 is 9.52 Å². The van der Waals surface area contributed by atoms with Crippen molar-refractivity contribution in [2.24, 2.45) is 0 Å². The number of aliphatic hydroxyl groups excluding tert-OH is 1. The molecule has 1 N–H and O–H groups in total. The van der Waals surface area contributed by atoms with Gasteiger partial charge in [-0.3, -0.25) is 0 Å². The molecule has 4 nitrogen and oxygen atoms in total. The maximum Gasteiger partial charge on any atom is 0.362 e. The van der Waals surface area contributed by atoms with Crippen molar-refractivity contribution in [3.63, 3.8) is 0 Å². The molecule has 3 aromatic rings. The molecule has 0 fully saturated rings. The van der Waals surface area contributed by atoms with E-state index in [0.29, 0.717) is 21.7 Å². The van der Waals surface area contributed by atoms with Crippen LogP contribution >= 0.6 is 11.6 Å². The van der Waals surface area contributed by atoms with Crippen LogP contribution in [0, 0.1) is 6.92 Å². The van der Waals surface area contributed by atoms with Gasteiger partial charge in [0.2, 0.25) is 0 Å². The molecule has 0 spiro atoms. The van der Waals surface area contributed by atoms with Crippen molar-refractivity contribution < 1.29 is 9.52 Å². The van der Waals surface area contributed by atoms with Crippen molar-refractivity contribution in [1.29, 1.82) is 0 Å². The monoisotopic (exact) mass is 313 g/mol. The summed E-state index contributed by atoms with van der Waals surface area (Å²) in [6.45, 7) is 1.92. The Kier molecular flexibility index (Phi) is 3.69. The van der Waals surface area contributed by atoms with Crippen molar-refractivity contribution in [3.8, 4) is 0 Å². The molecule has 0 amide bonds. The lowest BCUT2D eigenvalue weighted by atomic mass is 10.1. The molecular formula is C17H12ClNO3. The molecule has 0 unspecified atom stereocenters. The first-order chi connectivity index (χ1) is 10.5. The summed E-state index contributed by atoms with van der Waals surface area (Å²) >= 11 is 5.80. The van der Waals surface area contributed by atoms with Gasteiger partial charge in [-0.15, -0.1) is 0 Å². The van der Waals surface area contributed by atoms with Gasteiger partial charge in [-0.25, -0.2) is 9.78 Å². The number of aromatic nitrogens is 1. The van der Waals surface area contributed by atoms with Gasteiger partial charge in [0, 0.05) is 16.7 Å². The van der Waals surface area contributed by atoms with E-state index in [0.717, 1.165) is 5.56 Å². The van der Waals surface area contributed by atoms with Crippen LogP contribution in [0.1, 0.15) is 16.8 Å². The number of halogens is 1. The quantitative estimate of drug-likeness (QED) is 0.720. The van der Waals surface area contributed by atoms with Crippen LogP contribution in [-0.2, 0) is 0 Å². The van der Waals surface area contributed by atoms with Gasteiger partial charge in [0.15, 0.2) is 11.3 Å². The SMILES string of the molecule is Cc1ccc2oc(=O)c(/C=C(\O)c3ccc(Cl)cc3)nc2c1. The normalized spacial score (nSPS) is 11.8. The number of nitrogens with zero attached hydrogens (tertiary/aromatic N) is 1. The van der Waals surface area contributed by atoms with Gasteiger partial charge in [-0.05, 0) is 48.9 Å². The van der Waals surface area contributed by atoms with Crippen LogP contribution in [0.5, 0.6) is 0 Å². The molecule has 1 aromatic heterocycles. The zero-order valence-corrected chi connectivity index (χ0v) is 12.5. The molecular weight excluding hydrogens is 302 g/mol. The number of hydrogen-bond donors (Lipinski definition) is 1. The molecule has 3 rings (SSSR count). The second-order valence-electron chi connectivity index (χ2n) is 4.89. The van der Waals surface area contributed by atoms with E-state index in [1.807, 2.05) is 19.1 Å². The van der Waals surface area contributed by atoms with Gasteiger partial charge in [-0.1, -0.05) is 17.7 Å². The molecule has 0 aliphatic heterocycles. The predicted molar refractivity (Wildman–Crippen MR) is 87.0 cm³/mol. The fourth-order valence-electron chi connectivity index (χ4n) is 2.05. The van der Waals surface area contributed by atoms with Gasteiger partial charge in [0.05, 0.1) is 0 Å². The average molecular weight is 314 g/mol. The van der Waals surface area contributed by atoms with Gasteiger partial charge >= 0.3 is 5.63 Å². The Bertz CT molecular complexity index is 927. The molecule has 0 atom stereocenters. The molecule has 110 valence electrons. The lowest BCUT2D eigenvalue weighted by molar-refractivity contribution is 0.514. The standard InChI is InChI=1S/C17H12ClNO3/c1-10-2-7-16-13(8-10)19-14(17(21)22-16)9-15(20)11-3-5-12(18)6-4-11/h2-9,20H,1H3/b15-9-. The maximum atomic E-state index is 11.9. The second kappa shape index (κ2) is 5.66. The highest BCUT2D eigenvalue weighted by molar-refractivity contribution is 6.30. The molecule has 2 aromatic carbocycles. The van der Waals surface area contributed by atoms with Crippen LogP contribution in [0.15, 0.2) is 51.7 Å². The molecule has 0 radical (unpaired) electrons. The van der Waals surface area contributed by atoms with Crippen LogP contribution in [0.3, 0.4) is 0 Å². The largest absolute Gasteiger partial charge is 0.507 e. The van der Waals surface area contributed by atoms with Gasteiger partial charge in [0.25, 0.3) is 0 Å². The first-order valence-corrected chi connectivity index (χ1v) is 6.99. The van der Waals surface area contributed by atoms with Crippen LogP contribution in [0.4, 0.5) is 0 Å². The third-order valence-electron chi connectivity index (χ3n) is 3.18. The first kappa shape index (κ1) is 14.4. The van der Waals surface area contributed by atoms with Crippen LogP contribution in [0.25, 0.3) is 22.9 Å². The Morgan fingerprint density at radius 3 is 2.68 bits per heavy atom. The highest BCUT2D eigenvalue weighted by Gasteiger charge is 2.08. The van der Waals surface area contributed by atoms with Crippen LogP contribution < -0.4 is 5.63 Å². The lowest BCUT2D eigenvalue weighted by Crippen LogP contribution is -2.06. The summed E-state index contributed by atoms with van der Waals surface area (Å²) in [7, 11) is 0. The Morgan fingerprint density at radius 2 is 1.95 bits per heavy atom. The summed E-state index contributed by atoms with van der Waals surface area (Å²) in [4.78, 5) is 16.2. The fourth-order valence-corrected chi connectivity index (χ4v) is 2.18. The van der Waals surface area contributed by atoms with Gasteiger partial charge in [-0.2, -0.15) is 0 Å². The van der Waals surface area contributed by atoms with Crippen LogP contribution in [0.2, 0.25) is 5.02 Å². The Labute approximate surface area is 131 Å². The number of benzene rings is 2. The summed E-state index contributed by atoms with van der Waals surface area (Å²) in [5, 5.41) is 10.7. The van der Waals surface area contributed by atoms with Crippen molar-refractivity contribution in [3.05, 3.63) is 74.7 Å². The molecule has 0 saturated heterocycles. The van der Waals surface area contributed by atoms with E-state index in [-0.39, 0.29) is 11.5 Å². The van der Waals surface area contributed by atoms with E-state index >= 15 is 0 Å². The summed E-state index contributed by atoms with van der Waals surface area (Å²) < 4.78 is 5.21. The first-order valence-electron chi connectivity index (χ1n) is 6.61. The Balaban J connectivity index is 2.09. The lowest BCUT2D eigenvalue weighted by Gasteiger charge is -2.02. The summed E-state index contributed by atoms with van der Waals surface area (Å²) in [5.41, 5.74) is 1.97. The average Bonchev–Trinajstić information content (AvgIpc) is 2.49. The maximum absolute atomic E-state index is 11.9. The molecule has 1 heterocycles. The molecule has 0 aliphatic carbocycles. The van der Waals surface area contributed by atoms with E-state index in [1.54, 1.807) is 30.3 Å². The third-order valence-corrected chi connectivity index (χ3v) is 3.43. The van der Waals surface area contributed by atoms with Crippen molar-refractivity contribution in [1.82, 2.24) is 4.98 Å². The number of aryl methyl sites for hydroxylation is 1. The smallest absolute Gasteiger partial charge is 0.362 e. The Hall–Kier alpha value is -2.59. The summed E-state index contributed by atoms with van der Waals surface area (Å²) in [5.74, 6) is -0.0801. The predicted octanol–water partition coefficient (Wildman–Crippen LogP) is 4.21. The molecule has 5 heteroatoms. The van der Waals surface area contributed by atoms with E-state index in [9.17, 15) is 9.90 Å². The Morgan fingerprint density at radius 1 is 1.23 bits per heavy atom. The number of aliphatic hydroxyl groups is 1. The van der Waals surface area contributed by atoms with Crippen molar-refractivity contribution in [2.45, 2.75) is 6.92 Å². The highest BCUT2D eigenvalue weighted by Crippen LogP contribution is 2.18. The van der Waals surface area contributed by atoms with Crippen molar-refractivity contribution in [2.75, 3.05) is 0 Å². The minimum atomic E-state index is -0.600. The van der Waals surface area contributed by atoms with E-state index in [2.05, 4.69) is 4.98 Å². The molecule has 22 heavy (non-hydrogen) atoms. The van der Waals surface area contributed by atoms with E-state index in [1.165, 1.54) is 6.08 Å².